The highest BCUT2D eigenvalue weighted by Gasteiger charge is 2.29. The first-order chi connectivity index (χ1) is 6.16. The molecule has 82 valence electrons. The number of hydrogen-bond donors (Lipinski definition) is 3. The summed E-state index contributed by atoms with van der Waals surface area (Å²) in [6, 6.07) is -0.884. The monoisotopic (exact) mass is 202 g/mol. The number of carboxylic acid groups (broad SMARTS) is 1. The van der Waals surface area contributed by atoms with Gasteiger partial charge in [0.25, 0.3) is 0 Å². The zero-order valence-electron chi connectivity index (χ0n) is 9.00. The summed E-state index contributed by atoms with van der Waals surface area (Å²) >= 11 is 0. The minimum atomic E-state index is -1.05. The Hall–Kier alpha value is -1.10. The molecule has 1 amide bonds. The van der Waals surface area contributed by atoms with Gasteiger partial charge in [0.15, 0.2) is 0 Å². The highest BCUT2D eigenvalue weighted by Crippen LogP contribution is 2.04. The van der Waals surface area contributed by atoms with E-state index in [1.165, 1.54) is 13.8 Å². The summed E-state index contributed by atoms with van der Waals surface area (Å²) in [5, 5.41) is 11.2. The van der Waals surface area contributed by atoms with E-state index in [-0.39, 0.29) is 5.92 Å². The largest absolute Gasteiger partial charge is 0.480 e. The molecule has 0 radical (unpaired) electrons. The third-order valence-corrected chi connectivity index (χ3v) is 1.80. The van der Waals surface area contributed by atoms with E-state index in [9.17, 15) is 9.59 Å². The molecule has 0 aliphatic carbocycles. The van der Waals surface area contributed by atoms with Gasteiger partial charge < -0.3 is 16.2 Å². The summed E-state index contributed by atoms with van der Waals surface area (Å²) in [6.07, 6.45) is 0. The molecular formula is C9H18N2O3. The van der Waals surface area contributed by atoms with Gasteiger partial charge in [0.1, 0.15) is 6.04 Å². The van der Waals surface area contributed by atoms with Crippen LogP contribution in [0.15, 0.2) is 0 Å². The molecule has 5 heteroatoms. The van der Waals surface area contributed by atoms with Gasteiger partial charge in [0.2, 0.25) is 5.91 Å². The SMILES string of the molecule is CC(C)C(NC(=O)C(C)(C)N)C(=O)O. The Bertz CT molecular complexity index is 231. The van der Waals surface area contributed by atoms with Gasteiger partial charge in [-0.05, 0) is 19.8 Å². The summed E-state index contributed by atoms with van der Waals surface area (Å²) in [5.74, 6) is -1.67. The van der Waals surface area contributed by atoms with Crippen molar-refractivity contribution in [3.63, 3.8) is 0 Å². The number of amides is 1. The van der Waals surface area contributed by atoms with E-state index >= 15 is 0 Å². The smallest absolute Gasteiger partial charge is 0.326 e. The zero-order chi connectivity index (χ0) is 11.5. The number of aliphatic carboxylic acids is 1. The Morgan fingerprint density at radius 2 is 1.79 bits per heavy atom. The Labute approximate surface area is 83.7 Å². The van der Waals surface area contributed by atoms with Crippen molar-refractivity contribution in [1.29, 1.82) is 0 Å². The predicted octanol–water partition coefficient (Wildman–Crippen LogP) is -0.0509. The number of carboxylic acids is 1. The molecule has 4 N–H and O–H groups in total. The fourth-order valence-corrected chi connectivity index (χ4v) is 0.841. The van der Waals surface area contributed by atoms with Crippen LogP contribution < -0.4 is 11.1 Å². The number of carbonyl (C=O) groups is 2. The summed E-state index contributed by atoms with van der Waals surface area (Å²) < 4.78 is 0. The second-order valence-electron chi connectivity index (χ2n) is 4.26. The number of rotatable bonds is 4. The van der Waals surface area contributed by atoms with Crippen LogP contribution in [-0.4, -0.2) is 28.6 Å². The van der Waals surface area contributed by atoms with Crippen LogP contribution in [-0.2, 0) is 9.59 Å². The standard InChI is InChI=1S/C9H18N2O3/c1-5(2)6(7(12)13)11-8(14)9(3,4)10/h5-6H,10H2,1-4H3,(H,11,14)(H,12,13). The average Bonchev–Trinajstić information content (AvgIpc) is 1.96. The average molecular weight is 202 g/mol. The third-order valence-electron chi connectivity index (χ3n) is 1.80. The number of carbonyl (C=O) groups excluding carboxylic acids is 1. The van der Waals surface area contributed by atoms with Crippen molar-refractivity contribution >= 4 is 11.9 Å². The minimum absolute atomic E-state index is 0.168. The Kier molecular flexibility index (Phi) is 4.07. The first-order valence-electron chi connectivity index (χ1n) is 4.49. The molecule has 1 atom stereocenters. The van der Waals surface area contributed by atoms with Crippen LogP contribution in [0.5, 0.6) is 0 Å². The van der Waals surface area contributed by atoms with E-state index in [4.69, 9.17) is 10.8 Å². The molecule has 0 spiro atoms. The fraction of sp³-hybridized carbons (Fsp3) is 0.778. The molecule has 5 nitrogen and oxygen atoms in total. The molecular weight excluding hydrogens is 184 g/mol. The highest BCUT2D eigenvalue weighted by molar-refractivity contribution is 5.89. The van der Waals surface area contributed by atoms with Crippen LogP contribution in [0, 0.1) is 5.92 Å². The maximum atomic E-state index is 11.4. The Morgan fingerprint density at radius 1 is 1.36 bits per heavy atom. The molecule has 0 aliphatic rings. The lowest BCUT2D eigenvalue weighted by Gasteiger charge is -2.23. The summed E-state index contributed by atoms with van der Waals surface area (Å²) in [6.45, 7) is 6.51. The maximum Gasteiger partial charge on any atom is 0.326 e. The van der Waals surface area contributed by atoms with Gasteiger partial charge in [-0.25, -0.2) is 4.79 Å². The summed E-state index contributed by atoms with van der Waals surface area (Å²) in [7, 11) is 0. The van der Waals surface area contributed by atoms with Gasteiger partial charge in [-0.15, -0.1) is 0 Å². The first kappa shape index (κ1) is 12.9. The van der Waals surface area contributed by atoms with E-state index in [1.807, 2.05) is 0 Å². The van der Waals surface area contributed by atoms with E-state index in [2.05, 4.69) is 5.32 Å². The van der Waals surface area contributed by atoms with Crippen LogP contribution in [0.4, 0.5) is 0 Å². The van der Waals surface area contributed by atoms with Gasteiger partial charge >= 0.3 is 5.97 Å². The van der Waals surface area contributed by atoms with Crippen LogP contribution in [0.25, 0.3) is 0 Å². The summed E-state index contributed by atoms with van der Waals surface area (Å²) in [4.78, 5) is 22.1. The van der Waals surface area contributed by atoms with Crippen molar-refractivity contribution in [3.05, 3.63) is 0 Å². The number of nitrogens with two attached hydrogens (primary N) is 1. The Morgan fingerprint density at radius 3 is 2.00 bits per heavy atom. The molecule has 0 aromatic carbocycles. The normalized spacial score (nSPS) is 13.9. The van der Waals surface area contributed by atoms with Crippen molar-refractivity contribution in [3.8, 4) is 0 Å². The lowest BCUT2D eigenvalue weighted by molar-refractivity contribution is -0.143. The van der Waals surface area contributed by atoms with Crippen molar-refractivity contribution in [2.75, 3.05) is 0 Å². The second-order valence-corrected chi connectivity index (χ2v) is 4.26. The van der Waals surface area contributed by atoms with E-state index < -0.39 is 23.5 Å². The van der Waals surface area contributed by atoms with Gasteiger partial charge in [-0.1, -0.05) is 13.8 Å². The van der Waals surface area contributed by atoms with Crippen molar-refractivity contribution in [2.24, 2.45) is 11.7 Å². The topological polar surface area (TPSA) is 92.4 Å². The lowest BCUT2D eigenvalue weighted by atomic mass is 10.0. The van der Waals surface area contributed by atoms with Gasteiger partial charge in [-0.2, -0.15) is 0 Å². The van der Waals surface area contributed by atoms with Gasteiger partial charge in [-0.3, -0.25) is 4.79 Å². The van der Waals surface area contributed by atoms with Crippen LogP contribution in [0.3, 0.4) is 0 Å². The Balaban J connectivity index is 4.48. The molecule has 0 aromatic heterocycles. The van der Waals surface area contributed by atoms with E-state index in [0.29, 0.717) is 0 Å². The number of hydrogen-bond acceptors (Lipinski definition) is 3. The maximum absolute atomic E-state index is 11.4. The predicted molar refractivity (Wildman–Crippen MR) is 52.7 cm³/mol. The molecule has 0 bridgehead atoms. The van der Waals surface area contributed by atoms with Crippen LogP contribution >= 0.6 is 0 Å². The lowest BCUT2D eigenvalue weighted by Crippen LogP contribution is -2.55. The number of nitrogens with one attached hydrogen (secondary N) is 1. The molecule has 14 heavy (non-hydrogen) atoms. The van der Waals surface area contributed by atoms with Gasteiger partial charge in [0.05, 0.1) is 5.54 Å². The third kappa shape index (κ3) is 3.74. The van der Waals surface area contributed by atoms with Gasteiger partial charge in [0, 0.05) is 0 Å². The van der Waals surface area contributed by atoms with Crippen molar-refractivity contribution in [1.82, 2.24) is 5.32 Å². The van der Waals surface area contributed by atoms with Crippen LogP contribution in [0.1, 0.15) is 27.7 Å². The molecule has 0 fully saturated rings. The molecule has 0 aliphatic heterocycles. The van der Waals surface area contributed by atoms with E-state index in [0.717, 1.165) is 0 Å². The van der Waals surface area contributed by atoms with E-state index in [1.54, 1.807) is 13.8 Å². The van der Waals surface area contributed by atoms with Crippen molar-refractivity contribution < 1.29 is 14.7 Å². The zero-order valence-corrected chi connectivity index (χ0v) is 9.00. The molecule has 1 unspecified atom stereocenters. The fourth-order valence-electron chi connectivity index (χ4n) is 0.841. The van der Waals surface area contributed by atoms with Crippen molar-refractivity contribution in [2.45, 2.75) is 39.3 Å². The summed E-state index contributed by atoms with van der Waals surface area (Å²) in [5.41, 5.74) is 4.47. The second kappa shape index (κ2) is 4.41. The van der Waals surface area contributed by atoms with Crippen LogP contribution in [0.2, 0.25) is 0 Å². The molecule has 0 rings (SSSR count). The first-order valence-corrected chi connectivity index (χ1v) is 4.49. The molecule has 0 saturated carbocycles. The molecule has 0 heterocycles. The minimum Gasteiger partial charge on any atom is -0.480 e. The quantitative estimate of drug-likeness (QED) is 0.596. The highest BCUT2D eigenvalue weighted by atomic mass is 16.4. The molecule has 0 aromatic rings. The molecule has 0 saturated heterocycles.